The molecule has 0 spiro atoms. The van der Waals surface area contributed by atoms with Crippen LogP contribution in [0.2, 0.25) is 0 Å². The average molecular weight is 724 g/mol. The first-order valence-corrected chi connectivity index (χ1v) is 21.3. The smallest absolute Gasteiger partial charge is 0.472 e. The first-order chi connectivity index (χ1) is 24.4. The fourth-order valence-corrected chi connectivity index (χ4v) is 5.75. The molecule has 0 aliphatic carbocycles. The van der Waals surface area contributed by atoms with Gasteiger partial charge in [-0.3, -0.25) is 13.8 Å². The zero-order chi connectivity index (χ0) is 36.6. The van der Waals surface area contributed by atoms with Crippen molar-refractivity contribution in [1.29, 1.82) is 0 Å². The van der Waals surface area contributed by atoms with Gasteiger partial charge < -0.3 is 20.1 Å². The van der Waals surface area contributed by atoms with E-state index in [2.05, 4.69) is 62.5 Å². The summed E-state index contributed by atoms with van der Waals surface area (Å²) in [5.74, 6) is -0.332. The summed E-state index contributed by atoms with van der Waals surface area (Å²) in [4.78, 5) is 22.2. The molecule has 9 heteroatoms. The normalized spacial score (nSPS) is 14.2. The molecule has 0 radical (unpaired) electrons. The number of carbonyl (C=O) groups is 1. The van der Waals surface area contributed by atoms with Gasteiger partial charge in [0.05, 0.1) is 19.5 Å². The maximum Gasteiger partial charge on any atom is 0.472 e. The molecular formula is C41H74NO7P. The summed E-state index contributed by atoms with van der Waals surface area (Å²) in [6.07, 6.45) is 46.2. The number of allylic oxidation sites excluding steroid dienone is 9. The van der Waals surface area contributed by atoms with E-state index >= 15 is 0 Å². The van der Waals surface area contributed by atoms with E-state index in [1.165, 1.54) is 83.5 Å². The van der Waals surface area contributed by atoms with E-state index in [4.69, 9.17) is 24.3 Å². The lowest BCUT2D eigenvalue weighted by molar-refractivity contribution is -0.147. The van der Waals surface area contributed by atoms with Crippen molar-refractivity contribution < 1.29 is 32.8 Å². The minimum absolute atomic E-state index is 0.0907. The molecule has 0 aromatic carbocycles. The molecule has 0 aromatic rings. The van der Waals surface area contributed by atoms with Crippen LogP contribution in [0.3, 0.4) is 0 Å². The van der Waals surface area contributed by atoms with Crippen molar-refractivity contribution in [1.82, 2.24) is 0 Å². The molecule has 0 aromatic heterocycles. The second kappa shape index (κ2) is 38.3. The fraction of sp³-hybridized carbons (Fsp3) is 0.732. The number of phosphoric acid groups is 1. The van der Waals surface area contributed by atoms with Crippen molar-refractivity contribution in [2.45, 2.75) is 168 Å². The van der Waals surface area contributed by atoms with Crippen molar-refractivity contribution in [3.05, 3.63) is 60.9 Å². The van der Waals surface area contributed by atoms with Gasteiger partial charge in [0.1, 0.15) is 6.61 Å². The summed E-state index contributed by atoms with van der Waals surface area (Å²) >= 11 is 0. The van der Waals surface area contributed by atoms with Gasteiger partial charge in [0, 0.05) is 13.0 Å². The molecule has 2 unspecified atom stereocenters. The van der Waals surface area contributed by atoms with Crippen LogP contribution in [-0.4, -0.2) is 43.3 Å². The Bertz CT molecular complexity index is 947. The molecule has 3 N–H and O–H groups in total. The van der Waals surface area contributed by atoms with Gasteiger partial charge in [-0.1, -0.05) is 120 Å². The Kier molecular flexibility index (Phi) is 36.8. The molecule has 0 rings (SSSR count). The molecule has 0 aliphatic rings. The topological polar surface area (TPSA) is 117 Å². The first kappa shape index (κ1) is 48.0. The zero-order valence-corrected chi connectivity index (χ0v) is 32.8. The third kappa shape index (κ3) is 37.3. The van der Waals surface area contributed by atoms with Gasteiger partial charge in [-0.2, -0.15) is 0 Å². The summed E-state index contributed by atoms with van der Waals surface area (Å²) in [6, 6.07) is 0. The molecular weight excluding hydrogens is 649 g/mol. The van der Waals surface area contributed by atoms with E-state index in [1.54, 1.807) is 6.26 Å². The monoisotopic (exact) mass is 724 g/mol. The van der Waals surface area contributed by atoms with Crippen LogP contribution in [0.4, 0.5) is 0 Å². The molecule has 0 heterocycles. The van der Waals surface area contributed by atoms with Crippen LogP contribution in [0, 0.1) is 0 Å². The Labute approximate surface area is 306 Å². The van der Waals surface area contributed by atoms with Gasteiger partial charge in [0.25, 0.3) is 0 Å². The predicted octanol–water partition coefficient (Wildman–Crippen LogP) is 11.8. The zero-order valence-electron chi connectivity index (χ0n) is 31.9. The van der Waals surface area contributed by atoms with E-state index in [-0.39, 0.29) is 32.3 Å². The van der Waals surface area contributed by atoms with E-state index in [0.29, 0.717) is 6.42 Å². The van der Waals surface area contributed by atoms with Crippen molar-refractivity contribution in [2.75, 3.05) is 26.4 Å². The molecule has 0 aliphatic heterocycles. The second-order valence-corrected chi connectivity index (χ2v) is 14.3. The molecule has 50 heavy (non-hydrogen) atoms. The largest absolute Gasteiger partial charge is 0.492 e. The van der Waals surface area contributed by atoms with Crippen LogP contribution in [0.1, 0.15) is 162 Å². The van der Waals surface area contributed by atoms with E-state index < -0.39 is 13.9 Å². The van der Waals surface area contributed by atoms with Crippen LogP contribution >= 0.6 is 7.82 Å². The Hall–Kier alpha value is -1.96. The number of carbonyl (C=O) groups excluding carboxylic acids is 1. The van der Waals surface area contributed by atoms with Gasteiger partial charge in [0.15, 0.2) is 6.10 Å². The number of hydrogen-bond acceptors (Lipinski definition) is 7. The highest BCUT2D eigenvalue weighted by molar-refractivity contribution is 7.47. The number of hydrogen-bond donors (Lipinski definition) is 2. The van der Waals surface area contributed by atoms with Gasteiger partial charge >= 0.3 is 13.8 Å². The van der Waals surface area contributed by atoms with Gasteiger partial charge in [-0.25, -0.2) is 4.57 Å². The summed E-state index contributed by atoms with van der Waals surface area (Å²) in [5, 5.41) is 0. The molecule has 290 valence electrons. The maximum atomic E-state index is 12.3. The van der Waals surface area contributed by atoms with Crippen LogP contribution in [-0.2, 0) is 27.9 Å². The van der Waals surface area contributed by atoms with Crippen LogP contribution in [0.25, 0.3) is 0 Å². The summed E-state index contributed by atoms with van der Waals surface area (Å²) < 4.78 is 33.1. The Morgan fingerprint density at radius 1 is 0.620 bits per heavy atom. The van der Waals surface area contributed by atoms with E-state index in [0.717, 1.165) is 57.8 Å². The quantitative estimate of drug-likeness (QED) is 0.0214. The second-order valence-electron chi connectivity index (χ2n) is 12.8. The van der Waals surface area contributed by atoms with E-state index in [9.17, 15) is 14.3 Å². The third-order valence-corrected chi connectivity index (χ3v) is 8.98. The van der Waals surface area contributed by atoms with E-state index in [1.807, 2.05) is 6.08 Å². The van der Waals surface area contributed by atoms with Crippen molar-refractivity contribution in [2.24, 2.45) is 5.73 Å². The molecule has 0 saturated heterocycles. The highest BCUT2D eigenvalue weighted by Crippen LogP contribution is 2.43. The maximum absolute atomic E-state index is 12.3. The van der Waals surface area contributed by atoms with Crippen LogP contribution in [0.5, 0.6) is 0 Å². The number of unbranched alkanes of at least 4 members (excludes halogenated alkanes) is 16. The average Bonchev–Trinajstić information content (AvgIpc) is 3.11. The summed E-state index contributed by atoms with van der Waals surface area (Å²) in [7, 11) is -4.28. The summed E-state index contributed by atoms with van der Waals surface area (Å²) in [5.41, 5.74) is 5.35. The van der Waals surface area contributed by atoms with Crippen molar-refractivity contribution >= 4 is 13.8 Å². The number of nitrogens with two attached hydrogens (primary N) is 1. The SMILES string of the molecule is CCCCCC=CCC=CCC=CCCCCC(=O)OCC(COP(=O)(O)OCCN)OC=CCCCCCCC=CCCCCCCCC. The highest BCUT2D eigenvalue weighted by atomic mass is 31.2. The molecule has 8 nitrogen and oxygen atoms in total. The van der Waals surface area contributed by atoms with Gasteiger partial charge in [-0.15, -0.1) is 0 Å². The molecule has 0 bridgehead atoms. The van der Waals surface area contributed by atoms with Gasteiger partial charge in [0.2, 0.25) is 0 Å². The Morgan fingerprint density at radius 2 is 1.08 bits per heavy atom. The molecule has 0 saturated carbocycles. The molecule has 0 fully saturated rings. The number of phosphoric ester groups is 1. The minimum atomic E-state index is -4.28. The number of esters is 1. The Balaban J connectivity index is 4.23. The lowest BCUT2D eigenvalue weighted by Gasteiger charge is -2.19. The molecule has 0 amide bonds. The van der Waals surface area contributed by atoms with Crippen molar-refractivity contribution in [3.63, 3.8) is 0 Å². The van der Waals surface area contributed by atoms with Crippen molar-refractivity contribution in [3.8, 4) is 0 Å². The standard InChI is InChI=1S/C41H74NO7P/c1-3-5-7-9-11-13-15-17-19-21-23-25-27-29-31-33-36-46-40(39-49-50(44,45)48-37-35-42)38-47-41(43)34-32-30-28-26-24-22-20-18-16-14-12-10-8-6-4-2/h12,14,17-20,24,26,33,36,40H,3-11,13,15-16,21-23,25,27-32,34-35,37-39,42H2,1-2H3,(H,44,45). The minimum Gasteiger partial charge on any atom is -0.492 e. The lowest BCUT2D eigenvalue weighted by atomic mass is 10.1. The number of rotatable bonds is 37. The third-order valence-electron chi connectivity index (χ3n) is 8.00. The number of ether oxygens (including phenoxy) is 2. The summed E-state index contributed by atoms with van der Waals surface area (Å²) in [6.45, 7) is 4.11. The van der Waals surface area contributed by atoms with Crippen LogP contribution in [0.15, 0.2) is 60.9 Å². The van der Waals surface area contributed by atoms with Gasteiger partial charge in [-0.05, 0) is 89.5 Å². The first-order valence-electron chi connectivity index (χ1n) is 19.8. The van der Waals surface area contributed by atoms with Crippen LogP contribution < -0.4 is 5.73 Å². The molecule has 2 atom stereocenters. The highest BCUT2D eigenvalue weighted by Gasteiger charge is 2.24. The Morgan fingerprint density at radius 3 is 1.66 bits per heavy atom. The lowest BCUT2D eigenvalue weighted by Crippen LogP contribution is -2.25. The fourth-order valence-electron chi connectivity index (χ4n) is 4.98. The predicted molar refractivity (Wildman–Crippen MR) is 210 cm³/mol.